The highest BCUT2D eigenvalue weighted by molar-refractivity contribution is 6.32. The number of ketones is 1. The van der Waals surface area contributed by atoms with Gasteiger partial charge in [-0.3, -0.25) is 4.79 Å². The number of benzene rings is 3. The van der Waals surface area contributed by atoms with Crippen LogP contribution in [0.2, 0.25) is 5.02 Å². The van der Waals surface area contributed by atoms with Gasteiger partial charge in [-0.1, -0.05) is 59.6 Å². The van der Waals surface area contributed by atoms with Crippen molar-refractivity contribution < 1.29 is 14.6 Å². The van der Waals surface area contributed by atoms with Gasteiger partial charge in [0.15, 0.2) is 11.5 Å². The van der Waals surface area contributed by atoms with Crippen LogP contribution in [0.15, 0.2) is 72.4 Å². The maximum atomic E-state index is 13.7. The maximum absolute atomic E-state index is 13.7. The van der Waals surface area contributed by atoms with Gasteiger partial charge in [0.1, 0.15) is 5.78 Å². The number of aryl methyl sites for hydroxylation is 1. The van der Waals surface area contributed by atoms with E-state index in [0.717, 1.165) is 28.2 Å². The fraction of sp³-hybridized carbons (Fsp3) is 0.250. The van der Waals surface area contributed by atoms with Gasteiger partial charge in [0.2, 0.25) is 0 Å². The summed E-state index contributed by atoms with van der Waals surface area (Å²) in [4.78, 5) is 13.7. The Morgan fingerprint density at radius 3 is 2.53 bits per heavy atom. The van der Waals surface area contributed by atoms with Crippen LogP contribution < -0.4 is 15.4 Å². The smallest absolute Gasteiger partial charge is 0.176 e. The van der Waals surface area contributed by atoms with Crippen molar-refractivity contribution in [2.45, 2.75) is 32.2 Å². The average Bonchev–Trinajstić information content (AvgIpc) is 2.99. The molecule has 0 aromatic heterocycles. The van der Waals surface area contributed by atoms with Gasteiger partial charge < -0.3 is 20.5 Å². The summed E-state index contributed by atoms with van der Waals surface area (Å²) in [7, 11) is 0. The summed E-state index contributed by atoms with van der Waals surface area (Å²) < 4.78 is 5.62. The second kappa shape index (κ2) is 9.07. The molecule has 0 saturated carbocycles. The molecular formula is C28H27ClN2O3. The fourth-order valence-electron chi connectivity index (χ4n) is 4.85. The van der Waals surface area contributed by atoms with E-state index >= 15 is 0 Å². The lowest BCUT2D eigenvalue weighted by atomic mass is 9.76. The molecule has 3 aromatic carbocycles. The largest absolute Gasteiger partial charge is 0.503 e. The summed E-state index contributed by atoms with van der Waals surface area (Å²) in [6.07, 6.45) is 2.59. The standard InChI is InChI=1S/C28H27ClN2O3/c1-3-34-25-15-19(12-20(29)28(25)33)27-26-23(30-21-6-4-5-7-22(21)31-27)13-18(14-24(26)32)17-10-8-16(2)9-11-17/h4-13,15,18,26-27,30-31,33H,3,14H2,1-2H3. The molecule has 1 aliphatic heterocycles. The van der Waals surface area contributed by atoms with Crippen molar-refractivity contribution in [3.63, 3.8) is 0 Å². The second-order valence-corrected chi connectivity index (χ2v) is 9.27. The predicted molar refractivity (Wildman–Crippen MR) is 136 cm³/mol. The molecule has 3 N–H and O–H groups in total. The molecule has 0 saturated heterocycles. The van der Waals surface area contributed by atoms with Crippen molar-refractivity contribution in [3.05, 3.63) is 94.1 Å². The van der Waals surface area contributed by atoms with Crippen molar-refractivity contribution in [2.75, 3.05) is 17.2 Å². The number of nitrogens with one attached hydrogen (secondary N) is 2. The van der Waals surface area contributed by atoms with Gasteiger partial charge in [0.25, 0.3) is 0 Å². The van der Waals surface area contributed by atoms with E-state index in [4.69, 9.17) is 16.3 Å². The zero-order valence-corrected chi connectivity index (χ0v) is 19.9. The van der Waals surface area contributed by atoms with E-state index in [2.05, 4.69) is 47.9 Å². The summed E-state index contributed by atoms with van der Waals surface area (Å²) in [6.45, 7) is 4.30. The number of hydrogen-bond donors (Lipinski definition) is 3. The molecule has 1 aliphatic carbocycles. The molecule has 0 amide bonds. The molecule has 5 nitrogen and oxygen atoms in total. The Bertz CT molecular complexity index is 1270. The third-order valence-electron chi connectivity index (χ3n) is 6.55. The molecule has 0 radical (unpaired) electrons. The molecule has 3 aromatic rings. The average molecular weight is 475 g/mol. The third-order valence-corrected chi connectivity index (χ3v) is 6.84. The van der Waals surface area contributed by atoms with Gasteiger partial charge in [-0.2, -0.15) is 0 Å². The number of Topliss-reactive ketones (excluding diaryl/α,β-unsaturated/α-hetero) is 1. The number of halogens is 1. The third kappa shape index (κ3) is 4.12. The minimum atomic E-state index is -0.441. The molecule has 3 atom stereocenters. The lowest BCUT2D eigenvalue weighted by Crippen LogP contribution is -2.33. The Morgan fingerprint density at radius 2 is 1.79 bits per heavy atom. The first kappa shape index (κ1) is 22.4. The summed E-state index contributed by atoms with van der Waals surface area (Å²) in [5.74, 6) is -0.0828. The van der Waals surface area contributed by atoms with Crippen LogP contribution in [0.4, 0.5) is 11.4 Å². The van der Waals surface area contributed by atoms with Gasteiger partial charge in [-0.15, -0.1) is 0 Å². The first-order chi connectivity index (χ1) is 16.4. The molecule has 34 heavy (non-hydrogen) atoms. The fourth-order valence-corrected chi connectivity index (χ4v) is 5.07. The van der Waals surface area contributed by atoms with Crippen LogP contribution in [0.25, 0.3) is 0 Å². The van der Waals surface area contributed by atoms with Crippen molar-refractivity contribution >= 4 is 28.8 Å². The van der Waals surface area contributed by atoms with Crippen molar-refractivity contribution in [2.24, 2.45) is 5.92 Å². The Morgan fingerprint density at radius 1 is 1.06 bits per heavy atom. The van der Waals surface area contributed by atoms with Gasteiger partial charge >= 0.3 is 0 Å². The minimum absolute atomic E-state index is 0.000142. The predicted octanol–water partition coefficient (Wildman–Crippen LogP) is 6.59. The molecule has 0 bridgehead atoms. The van der Waals surface area contributed by atoms with Crippen molar-refractivity contribution in [1.29, 1.82) is 0 Å². The van der Waals surface area contributed by atoms with Gasteiger partial charge in [-0.05, 0) is 49.2 Å². The zero-order valence-electron chi connectivity index (χ0n) is 19.1. The van der Waals surface area contributed by atoms with Crippen LogP contribution in [0, 0.1) is 12.8 Å². The Labute approximate surface area is 204 Å². The SMILES string of the molecule is CCOc1cc(C2Nc3ccccc3NC3=CC(c4ccc(C)cc4)CC(=O)C32)cc(Cl)c1O. The molecule has 174 valence electrons. The Kier molecular flexibility index (Phi) is 5.96. The Hall–Kier alpha value is -3.44. The number of phenolic OH excluding ortho intramolecular Hbond substituents is 1. The first-order valence-corrected chi connectivity index (χ1v) is 11.9. The molecule has 2 aliphatic rings. The summed E-state index contributed by atoms with van der Waals surface area (Å²) in [6, 6.07) is 19.4. The lowest BCUT2D eigenvalue weighted by Gasteiger charge is -2.32. The van der Waals surface area contributed by atoms with E-state index in [9.17, 15) is 9.90 Å². The molecular weight excluding hydrogens is 448 g/mol. The quantitative estimate of drug-likeness (QED) is 0.398. The number of rotatable bonds is 4. The van der Waals surface area contributed by atoms with Crippen molar-refractivity contribution in [3.8, 4) is 11.5 Å². The molecule has 0 fully saturated rings. The van der Waals surface area contributed by atoms with Crippen molar-refractivity contribution in [1.82, 2.24) is 0 Å². The summed E-state index contributed by atoms with van der Waals surface area (Å²) in [5, 5.41) is 17.7. The van der Waals surface area contributed by atoms with E-state index in [1.54, 1.807) is 12.1 Å². The highest BCUT2D eigenvalue weighted by atomic mass is 35.5. The van der Waals surface area contributed by atoms with Gasteiger partial charge in [0.05, 0.1) is 35.0 Å². The number of carbonyl (C=O) groups is 1. The number of allylic oxidation sites excluding steroid dienone is 1. The van der Waals surface area contributed by atoms with Crippen LogP contribution in [0.3, 0.4) is 0 Å². The number of aromatic hydroxyl groups is 1. The zero-order chi connectivity index (χ0) is 23.8. The number of anilines is 2. The number of fused-ring (bicyclic) bond motifs is 2. The monoisotopic (exact) mass is 474 g/mol. The number of phenols is 1. The number of ether oxygens (including phenoxy) is 1. The van der Waals surface area contributed by atoms with Gasteiger partial charge in [0, 0.05) is 18.0 Å². The van der Waals surface area contributed by atoms with Crippen LogP contribution in [0.1, 0.15) is 42.0 Å². The highest BCUT2D eigenvalue weighted by Gasteiger charge is 2.40. The number of para-hydroxylation sites is 2. The summed E-state index contributed by atoms with van der Waals surface area (Å²) in [5.41, 5.74) is 5.77. The molecule has 3 unspecified atom stereocenters. The van der Waals surface area contributed by atoms with Crippen LogP contribution in [0.5, 0.6) is 11.5 Å². The highest BCUT2D eigenvalue weighted by Crippen LogP contribution is 2.46. The van der Waals surface area contributed by atoms with E-state index in [0.29, 0.717) is 18.8 Å². The summed E-state index contributed by atoms with van der Waals surface area (Å²) >= 11 is 6.37. The van der Waals surface area contributed by atoms with Crippen LogP contribution in [-0.2, 0) is 4.79 Å². The topological polar surface area (TPSA) is 70.6 Å². The van der Waals surface area contributed by atoms with Gasteiger partial charge in [-0.25, -0.2) is 0 Å². The molecule has 5 rings (SSSR count). The molecule has 1 heterocycles. The van der Waals surface area contributed by atoms with E-state index in [-0.39, 0.29) is 28.5 Å². The molecule has 6 heteroatoms. The minimum Gasteiger partial charge on any atom is -0.503 e. The Balaban J connectivity index is 1.63. The first-order valence-electron chi connectivity index (χ1n) is 11.5. The lowest BCUT2D eigenvalue weighted by molar-refractivity contribution is -0.122. The second-order valence-electron chi connectivity index (χ2n) is 8.86. The van der Waals surface area contributed by atoms with E-state index in [1.165, 1.54) is 5.56 Å². The number of hydrogen-bond acceptors (Lipinski definition) is 5. The maximum Gasteiger partial charge on any atom is 0.176 e. The normalized spacial score (nSPS) is 21.3. The molecule has 0 spiro atoms. The van der Waals surface area contributed by atoms with Crippen LogP contribution in [-0.4, -0.2) is 17.5 Å². The van der Waals surface area contributed by atoms with Crippen LogP contribution >= 0.6 is 11.6 Å². The van der Waals surface area contributed by atoms with E-state index in [1.807, 2.05) is 31.2 Å². The number of carbonyl (C=O) groups excluding carboxylic acids is 1. The van der Waals surface area contributed by atoms with E-state index < -0.39 is 5.92 Å².